The number of hydrogen-bond acceptors (Lipinski definition) is 5. The highest BCUT2D eigenvalue weighted by Gasteiger charge is 2.16. The van der Waals surface area contributed by atoms with E-state index in [0.29, 0.717) is 11.3 Å². The molecule has 0 spiro atoms. The fourth-order valence-corrected chi connectivity index (χ4v) is 2.63. The van der Waals surface area contributed by atoms with Crippen LogP contribution in [0.15, 0.2) is 23.1 Å². The Morgan fingerprint density at radius 1 is 1.38 bits per heavy atom. The molecular formula is C14H20N2O4S. The van der Waals surface area contributed by atoms with E-state index in [4.69, 9.17) is 15.2 Å². The Morgan fingerprint density at radius 2 is 2.10 bits per heavy atom. The van der Waals surface area contributed by atoms with Gasteiger partial charge in [0.25, 0.3) is 0 Å². The summed E-state index contributed by atoms with van der Waals surface area (Å²) in [5.74, 6) is 5.98. The smallest absolute Gasteiger partial charge is 0.240 e. The Balaban J connectivity index is 3.07. The molecular weight excluding hydrogens is 292 g/mol. The molecule has 0 amide bonds. The van der Waals surface area contributed by atoms with Crippen molar-refractivity contribution in [1.29, 1.82) is 0 Å². The number of nitrogens with two attached hydrogens (primary N) is 1. The Hall–Kier alpha value is -1.59. The van der Waals surface area contributed by atoms with Crippen LogP contribution in [0.25, 0.3) is 0 Å². The van der Waals surface area contributed by atoms with E-state index < -0.39 is 10.0 Å². The number of ether oxygens (including phenoxy) is 2. The minimum atomic E-state index is -3.62. The number of sulfonamides is 1. The van der Waals surface area contributed by atoms with Gasteiger partial charge in [-0.15, -0.1) is 0 Å². The predicted octanol–water partition coefficient (Wildman–Crippen LogP) is 0.319. The lowest BCUT2D eigenvalue weighted by atomic mass is 10.2. The number of rotatable bonds is 6. The molecule has 6 nitrogen and oxygen atoms in total. The molecule has 0 aromatic heterocycles. The van der Waals surface area contributed by atoms with Gasteiger partial charge >= 0.3 is 0 Å². The van der Waals surface area contributed by atoms with Crippen LogP contribution in [0.2, 0.25) is 0 Å². The summed E-state index contributed by atoms with van der Waals surface area (Å²) in [5, 5.41) is 0. The zero-order valence-corrected chi connectivity index (χ0v) is 13.2. The van der Waals surface area contributed by atoms with Crippen molar-refractivity contribution < 1.29 is 17.9 Å². The van der Waals surface area contributed by atoms with E-state index in [0.717, 1.165) is 0 Å². The first-order valence-electron chi connectivity index (χ1n) is 6.34. The van der Waals surface area contributed by atoms with Crippen LogP contribution in [-0.2, 0) is 14.8 Å². The molecule has 0 aliphatic carbocycles. The van der Waals surface area contributed by atoms with Gasteiger partial charge in [0.2, 0.25) is 10.0 Å². The first-order valence-corrected chi connectivity index (χ1v) is 7.82. The molecule has 1 atom stereocenters. The second-order valence-corrected chi connectivity index (χ2v) is 6.03. The Morgan fingerprint density at radius 3 is 2.67 bits per heavy atom. The standard InChI is InChI=1S/C14H20N2O4S/c1-11(19-2)10-16-21(17,18)13-6-7-14(20-3)12(9-13)5-4-8-15/h6-7,9,11,16H,8,10,15H2,1-3H3. The maximum atomic E-state index is 12.2. The zero-order chi connectivity index (χ0) is 15.9. The van der Waals surface area contributed by atoms with Crippen LogP contribution in [0.4, 0.5) is 0 Å². The van der Waals surface area contributed by atoms with E-state index in [2.05, 4.69) is 16.6 Å². The minimum absolute atomic E-state index is 0.118. The molecule has 0 aliphatic heterocycles. The lowest BCUT2D eigenvalue weighted by Gasteiger charge is -2.12. The topological polar surface area (TPSA) is 90.7 Å². The Kier molecular flexibility index (Phi) is 6.65. The van der Waals surface area contributed by atoms with Gasteiger partial charge < -0.3 is 15.2 Å². The molecule has 1 unspecified atom stereocenters. The molecule has 7 heteroatoms. The van der Waals surface area contributed by atoms with E-state index in [1.165, 1.54) is 26.4 Å². The Bertz CT molecular complexity index is 632. The highest BCUT2D eigenvalue weighted by atomic mass is 32.2. The molecule has 3 N–H and O–H groups in total. The quantitative estimate of drug-likeness (QED) is 0.738. The summed E-state index contributed by atoms with van der Waals surface area (Å²) in [6, 6.07) is 4.49. The highest BCUT2D eigenvalue weighted by molar-refractivity contribution is 7.89. The van der Waals surface area contributed by atoms with Crippen LogP contribution in [-0.4, -0.2) is 41.8 Å². The molecule has 0 radical (unpaired) electrons. The van der Waals surface area contributed by atoms with E-state index >= 15 is 0 Å². The predicted molar refractivity (Wildman–Crippen MR) is 80.6 cm³/mol. The van der Waals surface area contributed by atoms with Gasteiger partial charge in [0, 0.05) is 13.7 Å². The molecule has 1 aromatic rings. The molecule has 21 heavy (non-hydrogen) atoms. The second kappa shape index (κ2) is 8.00. The second-order valence-electron chi connectivity index (χ2n) is 4.27. The van der Waals surface area contributed by atoms with Crippen LogP contribution in [0, 0.1) is 11.8 Å². The van der Waals surface area contributed by atoms with Crippen molar-refractivity contribution in [3.05, 3.63) is 23.8 Å². The summed E-state index contributed by atoms with van der Waals surface area (Å²) in [7, 11) is -0.606. The minimum Gasteiger partial charge on any atom is -0.495 e. The third-order valence-corrected chi connectivity index (χ3v) is 4.19. The lowest BCUT2D eigenvalue weighted by molar-refractivity contribution is 0.122. The third kappa shape index (κ3) is 5.02. The van der Waals surface area contributed by atoms with E-state index in [1.807, 2.05) is 0 Å². The normalized spacial score (nSPS) is 12.4. The van der Waals surface area contributed by atoms with Gasteiger partial charge in [-0.05, 0) is 25.1 Å². The van der Waals surface area contributed by atoms with Gasteiger partial charge in [0.15, 0.2) is 0 Å². The summed E-state index contributed by atoms with van der Waals surface area (Å²) in [6.07, 6.45) is -0.213. The van der Waals surface area contributed by atoms with Crippen molar-refractivity contribution in [3.63, 3.8) is 0 Å². The number of hydrogen-bond donors (Lipinski definition) is 2. The highest BCUT2D eigenvalue weighted by Crippen LogP contribution is 2.21. The van der Waals surface area contributed by atoms with Crippen LogP contribution in [0.5, 0.6) is 5.75 Å². The van der Waals surface area contributed by atoms with Crippen LogP contribution in [0.1, 0.15) is 12.5 Å². The van der Waals surface area contributed by atoms with E-state index in [-0.39, 0.29) is 24.1 Å². The summed E-state index contributed by atoms with van der Waals surface area (Å²) in [5.41, 5.74) is 5.81. The van der Waals surface area contributed by atoms with Gasteiger partial charge in [-0.25, -0.2) is 13.1 Å². The van der Waals surface area contributed by atoms with Gasteiger partial charge in [0.1, 0.15) is 5.75 Å². The number of methoxy groups -OCH3 is 2. The zero-order valence-electron chi connectivity index (χ0n) is 12.3. The van der Waals surface area contributed by atoms with E-state index in [1.54, 1.807) is 13.0 Å². The van der Waals surface area contributed by atoms with Crippen LogP contribution in [0.3, 0.4) is 0 Å². The summed E-state index contributed by atoms with van der Waals surface area (Å²) >= 11 is 0. The maximum absolute atomic E-state index is 12.2. The van der Waals surface area contributed by atoms with Gasteiger partial charge in [-0.2, -0.15) is 0 Å². The molecule has 116 valence electrons. The molecule has 1 aromatic carbocycles. The monoisotopic (exact) mass is 312 g/mol. The maximum Gasteiger partial charge on any atom is 0.240 e. The Labute approximate surface area is 125 Å². The van der Waals surface area contributed by atoms with Crippen LogP contribution < -0.4 is 15.2 Å². The first-order chi connectivity index (χ1) is 9.94. The van der Waals surface area contributed by atoms with Crippen molar-refractivity contribution >= 4 is 10.0 Å². The summed E-state index contributed by atoms with van der Waals surface area (Å²) in [6.45, 7) is 2.15. The van der Waals surface area contributed by atoms with Crippen molar-refractivity contribution in [2.24, 2.45) is 5.73 Å². The van der Waals surface area contributed by atoms with Gasteiger partial charge in [0.05, 0.1) is 30.2 Å². The van der Waals surface area contributed by atoms with Gasteiger partial charge in [-0.3, -0.25) is 0 Å². The number of benzene rings is 1. The third-order valence-electron chi connectivity index (χ3n) is 2.77. The number of nitrogens with one attached hydrogen (secondary N) is 1. The molecule has 0 fully saturated rings. The average molecular weight is 312 g/mol. The molecule has 0 aliphatic rings. The average Bonchev–Trinajstić information content (AvgIpc) is 2.50. The summed E-state index contributed by atoms with van der Waals surface area (Å²) < 4.78 is 37.0. The molecule has 0 saturated heterocycles. The van der Waals surface area contributed by atoms with Gasteiger partial charge in [-0.1, -0.05) is 11.8 Å². The fourth-order valence-electron chi connectivity index (χ4n) is 1.49. The molecule has 0 heterocycles. The largest absolute Gasteiger partial charge is 0.495 e. The first kappa shape index (κ1) is 17.5. The van der Waals surface area contributed by atoms with E-state index in [9.17, 15) is 8.42 Å². The molecule has 0 bridgehead atoms. The van der Waals surface area contributed by atoms with Crippen molar-refractivity contribution in [1.82, 2.24) is 4.72 Å². The lowest BCUT2D eigenvalue weighted by Crippen LogP contribution is -2.31. The van der Waals surface area contributed by atoms with Crippen molar-refractivity contribution in [2.45, 2.75) is 17.9 Å². The van der Waals surface area contributed by atoms with Crippen molar-refractivity contribution in [3.8, 4) is 17.6 Å². The molecule has 1 rings (SSSR count). The van der Waals surface area contributed by atoms with Crippen LogP contribution >= 0.6 is 0 Å². The summed E-state index contributed by atoms with van der Waals surface area (Å²) in [4.78, 5) is 0.118. The van der Waals surface area contributed by atoms with Crippen molar-refractivity contribution in [2.75, 3.05) is 27.3 Å². The molecule has 0 saturated carbocycles. The fraction of sp³-hybridized carbons (Fsp3) is 0.429. The SMILES string of the molecule is COc1ccc(S(=O)(=O)NCC(C)OC)cc1C#CCN.